The number of aliphatic hydroxyl groups is 1. The van der Waals surface area contributed by atoms with Crippen molar-refractivity contribution in [3.8, 4) is 0 Å². The molecule has 7 heteroatoms. The molecule has 0 aliphatic carbocycles. The van der Waals surface area contributed by atoms with Gasteiger partial charge in [-0.1, -0.05) is 18.5 Å². The molecule has 1 atom stereocenters. The van der Waals surface area contributed by atoms with Crippen molar-refractivity contribution in [3.63, 3.8) is 0 Å². The summed E-state index contributed by atoms with van der Waals surface area (Å²) in [5.41, 5.74) is 0. The average molecular weight is 357 g/mol. The van der Waals surface area contributed by atoms with Crippen molar-refractivity contribution in [2.45, 2.75) is 30.7 Å². The first kappa shape index (κ1) is 15.9. The molecule has 0 saturated heterocycles. The molecule has 102 valence electrons. The highest BCUT2D eigenvalue weighted by atomic mass is 79.9. The molecule has 0 aliphatic heterocycles. The summed E-state index contributed by atoms with van der Waals surface area (Å²) in [7, 11) is -3.58. The van der Waals surface area contributed by atoms with Crippen LogP contribution >= 0.6 is 27.5 Å². The van der Waals surface area contributed by atoms with Crippen molar-refractivity contribution in [1.82, 2.24) is 4.72 Å². The SMILES string of the molecule is CCC(CCO)NS(=O)(=O)c1ccc(Cl)c(Br)c1. The van der Waals surface area contributed by atoms with Gasteiger partial charge in [-0.2, -0.15) is 0 Å². The minimum absolute atomic E-state index is 0.0503. The number of hydrogen-bond acceptors (Lipinski definition) is 3. The molecule has 1 aromatic carbocycles. The fourth-order valence-corrected chi connectivity index (χ4v) is 3.46. The Morgan fingerprint density at radius 2 is 2.17 bits per heavy atom. The van der Waals surface area contributed by atoms with Crippen LogP contribution in [-0.2, 0) is 10.0 Å². The molecular weight excluding hydrogens is 342 g/mol. The van der Waals surface area contributed by atoms with Crippen LogP contribution in [-0.4, -0.2) is 26.2 Å². The van der Waals surface area contributed by atoms with Crippen molar-refractivity contribution in [3.05, 3.63) is 27.7 Å². The van der Waals surface area contributed by atoms with E-state index in [0.717, 1.165) is 0 Å². The summed E-state index contributed by atoms with van der Waals surface area (Å²) >= 11 is 9.01. The Morgan fingerprint density at radius 1 is 1.50 bits per heavy atom. The number of nitrogens with one attached hydrogen (secondary N) is 1. The van der Waals surface area contributed by atoms with Crippen LogP contribution in [0.2, 0.25) is 5.02 Å². The fourth-order valence-electron chi connectivity index (χ4n) is 1.43. The first-order valence-corrected chi connectivity index (χ1v) is 8.14. The third-order valence-corrected chi connectivity index (χ3v) is 5.23. The Hall–Kier alpha value is -0.140. The van der Waals surface area contributed by atoms with E-state index in [0.29, 0.717) is 22.3 Å². The lowest BCUT2D eigenvalue weighted by molar-refractivity contribution is 0.270. The van der Waals surface area contributed by atoms with Crippen LogP contribution in [0.5, 0.6) is 0 Å². The molecule has 18 heavy (non-hydrogen) atoms. The summed E-state index contributed by atoms with van der Waals surface area (Å²) in [5.74, 6) is 0. The van der Waals surface area contributed by atoms with Gasteiger partial charge in [0.05, 0.1) is 9.92 Å². The average Bonchev–Trinajstić information content (AvgIpc) is 2.31. The van der Waals surface area contributed by atoms with Crippen molar-refractivity contribution >= 4 is 37.6 Å². The number of aliphatic hydroxyl groups excluding tert-OH is 1. The topological polar surface area (TPSA) is 66.4 Å². The van der Waals surface area contributed by atoms with E-state index in [1.807, 2.05) is 6.92 Å². The molecule has 2 N–H and O–H groups in total. The molecule has 1 rings (SSSR count). The zero-order valence-corrected chi connectivity index (χ0v) is 13.0. The minimum Gasteiger partial charge on any atom is -0.396 e. The van der Waals surface area contributed by atoms with Crippen LogP contribution in [0.3, 0.4) is 0 Å². The molecule has 4 nitrogen and oxygen atoms in total. The summed E-state index contributed by atoms with van der Waals surface area (Å²) in [4.78, 5) is 0.148. The van der Waals surface area contributed by atoms with Crippen LogP contribution in [0.15, 0.2) is 27.6 Å². The van der Waals surface area contributed by atoms with Gasteiger partial charge in [-0.3, -0.25) is 0 Å². The van der Waals surface area contributed by atoms with Crippen LogP contribution in [0.25, 0.3) is 0 Å². The Morgan fingerprint density at radius 3 is 2.67 bits per heavy atom. The van der Waals surface area contributed by atoms with Crippen LogP contribution in [0.1, 0.15) is 19.8 Å². The van der Waals surface area contributed by atoms with E-state index in [-0.39, 0.29) is 17.5 Å². The quantitative estimate of drug-likeness (QED) is 0.823. The molecule has 0 saturated carbocycles. The lowest BCUT2D eigenvalue weighted by atomic mass is 10.2. The molecule has 0 amide bonds. The highest BCUT2D eigenvalue weighted by Crippen LogP contribution is 2.25. The Kier molecular flexibility index (Phi) is 6.07. The first-order chi connectivity index (χ1) is 8.40. The second-order valence-corrected chi connectivity index (χ2v) is 6.79. The van der Waals surface area contributed by atoms with E-state index in [2.05, 4.69) is 20.7 Å². The third-order valence-electron chi connectivity index (χ3n) is 2.49. The predicted molar refractivity (Wildman–Crippen MR) is 75.3 cm³/mol. The lowest BCUT2D eigenvalue weighted by Gasteiger charge is -2.16. The highest BCUT2D eigenvalue weighted by Gasteiger charge is 2.19. The van der Waals surface area contributed by atoms with E-state index in [1.165, 1.54) is 18.2 Å². The zero-order chi connectivity index (χ0) is 13.8. The zero-order valence-electron chi connectivity index (χ0n) is 9.86. The molecule has 0 aromatic heterocycles. The summed E-state index contributed by atoms with van der Waals surface area (Å²) in [6.45, 7) is 1.81. The molecule has 0 fully saturated rings. The van der Waals surface area contributed by atoms with Gasteiger partial charge < -0.3 is 5.11 Å². The monoisotopic (exact) mass is 355 g/mol. The lowest BCUT2D eigenvalue weighted by Crippen LogP contribution is -2.35. The second kappa shape index (κ2) is 6.86. The molecule has 1 unspecified atom stereocenters. The summed E-state index contributed by atoms with van der Waals surface area (Å²) in [6.07, 6.45) is 1.01. The third kappa shape index (κ3) is 4.20. The molecular formula is C11H15BrClNO3S. The van der Waals surface area contributed by atoms with Gasteiger partial charge in [0, 0.05) is 17.1 Å². The fraction of sp³-hybridized carbons (Fsp3) is 0.455. The largest absolute Gasteiger partial charge is 0.396 e. The predicted octanol–water partition coefficient (Wildman–Crippen LogP) is 2.54. The molecule has 0 radical (unpaired) electrons. The summed E-state index contributed by atoms with van der Waals surface area (Å²) in [6, 6.07) is 4.15. The van der Waals surface area contributed by atoms with Crippen LogP contribution in [0, 0.1) is 0 Å². The second-order valence-electron chi connectivity index (χ2n) is 3.81. The minimum atomic E-state index is -3.58. The van der Waals surface area contributed by atoms with Gasteiger partial charge >= 0.3 is 0 Å². The van der Waals surface area contributed by atoms with E-state index in [1.54, 1.807) is 0 Å². The van der Waals surface area contributed by atoms with Crippen molar-refractivity contribution < 1.29 is 13.5 Å². The standard InChI is InChI=1S/C11H15BrClNO3S/c1-2-8(5-6-15)14-18(16,17)9-3-4-11(13)10(12)7-9/h3-4,7-8,14-15H,2,5-6H2,1H3. The van der Waals surface area contributed by atoms with Gasteiger partial charge in [-0.05, 0) is 47.0 Å². The Bertz CT molecular complexity index is 507. The smallest absolute Gasteiger partial charge is 0.240 e. The van der Waals surface area contributed by atoms with Gasteiger partial charge in [-0.25, -0.2) is 13.1 Å². The number of rotatable bonds is 6. The van der Waals surface area contributed by atoms with Crippen molar-refractivity contribution in [2.24, 2.45) is 0 Å². The number of sulfonamides is 1. The first-order valence-electron chi connectivity index (χ1n) is 5.49. The highest BCUT2D eigenvalue weighted by molar-refractivity contribution is 9.10. The summed E-state index contributed by atoms with van der Waals surface area (Å²) in [5, 5.41) is 9.31. The number of hydrogen-bond donors (Lipinski definition) is 2. The molecule has 0 bridgehead atoms. The van der Waals surface area contributed by atoms with E-state index in [9.17, 15) is 8.42 Å². The maximum Gasteiger partial charge on any atom is 0.240 e. The van der Waals surface area contributed by atoms with Gasteiger partial charge in [0.15, 0.2) is 0 Å². The maximum atomic E-state index is 12.1. The van der Waals surface area contributed by atoms with Crippen LogP contribution in [0.4, 0.5) is 0 Å². The number of benzene rings is 1. The molecule has 0 aliphatic rings. The molecule has 0 heterocycles. The van der Waals surface area contributed by atoms with Gasteiger partial charge in [-0.15, -0.1) is 0 Å². The van der Waals surface area contributed by atoms with Gasteiger partial charge in [0.25, 0.3) is 0 Å². The molecule has 1 aromatic rings. The van der Waals surface area contributed by atoms with Gasteiger partial charge in [0.2, 0.25) is 10.0 Å². The van der Waals surface area contributed by atoms with Crippen molar-refractivity contribution in [2.75, 3.05) is 6.61 Å². The summed E-state index contributed by atoms with van der Waals surface area (Å²) < 4.78 is 27.3. The van der Waals surface area contributed by atoms with Crippen molar-refractivity contribution in [1.29, 1.82) is 0 Å². The Balaban J connectivity index is 2.95. The van der Waals surface area contributed by atoms with Crippen LogP contribution < -0.4 is 4.72 Å². The molecule has 0 spiro atoms. The Labute approximate surface area is 121 Å². The maximum absolute atomic E-state index is 12.1. The van der Waals surface area contributed by atoms with E-state index < -0.39 is 10.0 Å². The van der Waals surface area contributed by atoms with E-state index in [4.69, 9.17) is 16.7 Å². The number of halogens is 2. The normalized spacial score (nSPS) is 13.6. The van der Waals surface area contributed by atoms with E-state index >= 15 is 0 Å². The van der Waals surface area contributed by atoms with Gasteiger partial charge in [0.1, 0.15) is 0 Å².